The number of carboxylic acid groups (broad SMARTS) is 1. The van der Waals surface area contributed by atoms with Gasteiger partial charge in [0.25, 0.3) is 0 Å². The zero-order valence-electron chi connectivity index (χ0n) is 8.52. The summed E-state index contributed by atoms with van der Waals surface area (Å²) < 4.78 is 18.4. The van der Waals surface area contributed by atoms with Crippen molar-refractivity contribution >= 4 is 23.5 Å². The highest BCUT2D eigenvalue weighted by atomic mass is 35.5. The quantitative estimate of drug-likeness (QED) is 0.826. The van der Waals surface area contributed by atoms with E-state index in [0.717, 1.165) is 6.07 Å². The van der Waals surface area contributed by atoms with E-state index in [2.05, 4.69) is 0 Å². The number of hydrogen-bond acceptors (Lipinski definition) is 3. The third-order valence-electron chi connectivity index (χ3n) is 2.61. The van der Waals surface area contributed by atoms with Crippen molar-refractivity contribution in [3.05, 3.63) is 34.6 Å². The van der Waals surface area contributed by atoms with E-state index in [1.807, 2.05) is 0 Å². The van der Waals surface area contributed by atoms with Gasteiger partial charge < -0.3 is 9.84 Å². The first kappa shape index (κ1) is 11.9. The van der Waals surface area contributed by atoms with E-state index in [1.54, 1.807) is 0 Å². The van der Waals surface area contributed by atoms with Gasteiger partial charge in [0.1, 0.15) is 17.8 Å². The van der Waals surface area contributed by atoms with Gasteiger partial charge in [-0.1, -0.05) is 17.7 Å². The molecule has 0 amide bonds. The number of carbonyl (C=O) groups is 2. The Labute approximate surface area is 101 Å². The summed E-state index contributed by atoms with van der Waals surface area (Å²) in [6, 6.07) is 3.96. The Morgan fingerprint density at radius 3 is 2.82 bits per heavy atom. The first-order valence-electron chi connectivity index (χ1n) is 4.87. The zero-order chi connectivity index (χ0) is 12.6. The zero-order valence-corrected chi connectivity index (χ0v) is 9.28. The van der Waals surface area contributed by atoms with Gasteiger partial charge in [-0.05, 0) is 12.1 Å². The second-order valence-corrected chi connectivity index (χ2v) is 4.10. The molecular weight excluding hydrogens is 251 g/mol. The normalized spacial score (nSPS) is 23.5. The average molecular weight is 259 g/mol. The molecule has 4 nitrogen and oxygen atoms in total. The second-order valence-electron chi connectivity index (χ2n) is 3.69. The van der Waals surface area contributed by atoms with Gasteiger partial charge in [-0.15, -0.1) is 0 Å². The van der Waals surface area contributed by atoms with Crippen LogP contribution in [0.2, 0.25) is 5.02 Å². The third-order valence-corrected chi connectivity index (χ3v) is 2.94. The van der Waals surface area contributed by atoms with Crippen LogP contribution in [0, 0.1) is 11.7 Å². The van der Waals surface area contributed by atoms with Gasteiger partial charge >= 0.3 is 11.9 Å². The van der Waals surface area contributed by atoms with Crippen molar-refractivity contribution in [3.8, 4) is 0 Å². The molecule has 0 aliphatic carbocycles. The number of esters is 1. The molecule has 1 saturated heterocycles. The number of rotatable bonds is 2. The van der Waals surface area contributed by atoms with E-state index in [0.29, 0.717) is 0 Å². The van der Waals surface area contributed by atoms with E-state index in [4.69, 9.17) is 21.4 Å². The summed E-state index contributed by atoms with van der Waals surface area (Å²) in [5, 5.41) is 9.00. The van der Waals surface area contributed by atoms with Gasteiger partial charge in [-0.2, -0.15) is 0 Å². The summed E-state index contributed by atoms with van der Waals surface area (Å²) in [5.41, 5.74) is -0.0765. The number of benzene rings is 1. The summed E-state index contributed by atoms with van der Waals surface area (Å²) in [5.74, 6) is -3.65. The molecule has 90 valence electrons. The largest absolute Gasteiger partial charge is 0.481 e. The molecule has 1 aromatic carbocycles. The van der Waals surface area contributed by atoms with Crippen LogP contribution < -0.4 is 0 Å². The molecule has 0 unspecified atom stereocenters. The number of hydrogen-bond donors (Lipinski definition) is 1. The number of ether oxygens (including phenoxy) is 1. The molecule has 1 N–H and O–H groups in total. The maximum Gasteiger partial charge on any atom is 0.311 e. The van der Waals surface area contributed by atoms with E-state index in [9.17, 15) is 14.0 Å². The molecule has 0 bridgehead atoms. The fourth-order valence-electron chi connectivity index (χ4n) is 1.82. The lowest BCUT2D eigenvalue weighted by atomic mass is 9.95. The molecule has 1 aromatic rings. The van der Waals surface area contributed by atoms with Gasteiger partial charge in [0, 0.05) is 5.56 Å². The van der Waals surface area contributed by atoms with Crippen molar-refractivity contribution in [2.24, 2.45) is 5.92 Å². The molecule has 0 aromatic heterocycles. The molecule has 1 aliphatic heterocycles. The molecule has 1 fully saturated rings. The Morgan fingerprint density at radius 1 is 1.53 bits per heavy atom. The van der Waals surface area contributed by atoms with Crippen LogP contribution in [0.15, 0.2) is 18.2 Å². The van der Waals surface area contributed by atoms with Crippen molar-refractivity contribution in [3.63, 3.8) is 0 Å². The van der Waals surface area contributed by atoms with Crippen LogP contribution in [0.25, 0.3) is 0 Å². The summed E-state index contributed by atoms with van der Waals surface area (Å²) in [6.45, 7) is 0. The molecule has 0 radical (unpaired) electrons. The number of carbonyl (C=O) groups excluding carboxylic acids is 1. The SMILES string of the molecule is O=C1C[C@H](C(=O)O)[C@@H](c2c(F)cccc2Cl)O1. The highest BCUT2D eigenvalue weighted by Gasteiger charge is 2.43. The highest BCUT2D eigenvalue weighted by molar-refractivity contribution is 6.31. The van der Waals surface area contributed by atoms with Crippen molar-refractivity contribution in [1.29, 1.82) is 0 Å². The molecule has 2 atom stereocenters. The van der Waals surface area contributed by atoms with Crippen LogP contribution in [0.3, 0.4) is 0 Å². The topological polar surface area (TPSA) is 63.6 Å². The fraction of sp³-hybridized carbons (Fsp3) is 0.273. The van der Waals surface area contributed by atoms with Crippen LogP contribution in [0.4, 0.5) is 4.39 Å². The Kier molecular flexibility index (Phi) is 3.02. The van der Waals surface area contributed by atoms with Crippen LogP contribution in [-0.2, 0) is 14.3 Å². The minimum absolute atomic E-state index is 0.0518. The molecule has 6 heteroatoms. The number of cyclic esters (lactones) is 1. The van der Waals surface area contributed by atoms with Crippen molar-refractivity contribution in [2.45, 2.75) is 12.5 Å². The van der Waals surface area contributed by atoms with E-state index in [-0.39, 0.29) is 17.0 Å². The van der Waals surface area contributed by atoms with E-state index < -0.39 is 29.8 Å². The first-order chi connectivity index (χ1) is 8.00. The number of aliphatic carboxylic acids is 1. The predicted molar refractivity (Wildman–Crippen MR) is 56.0 cm³/mol. The lowest BCUT2D eigenvalue weighted by Gasteiger charge is -2.16. The molecule has 1 heterocycles. The Bertz CT molecular complexity index is 468. The molecule has 0 spiro atoms. The van der Waals surface area contributed by atoms with Crippen molar-refractivity contribution < 1.29 is 23.8 Å². The Morgan fingerprint density at radius 2 is 2.24 bits per heavy atom. The summed E-state index contributed by atoms with van der Waals surface area (Å²) >= 11 is 5.80. The van der Waals surface area contributed by atoms with Gasteiger partial charge in [-0.25, -0.2) is 4.39 Å². The second kappa shape index (κ2) is 4.33. The monoisotopic (exact) mass is 258 g/mol. The maximum absolute atomic E-state index is 13.6. The van der Waals surface area contributed by atoms with E-state index >= 15 is 0 Å². The van der Waals surface area contributed by atoms with Gasteiger partial charge in [-0.3, -0.25) is 9.59 Å². The van der Waals surface area contributed by atoms with Crippen LogP contribution in [0.1, 0.15) is 18.1 Å². The molecule has 1 aliphatic rings. The summed E-state index contributed by atoms with van der Waals surface area (Å²) in [4.78, 5) is 22.1. The van der Waals surface area contributed by atoms with Crippen molar-refractivity contribution in [2.75, 3.05) is 0 Å². The predicted octanol–water partition coefficient (Wildman–Crippen LogP) is 2.17. The van der Waals surface area contributed by atoms with Crippen molar-refractivity contribution in [1.82, 2.24) is 0 Å². The average Bonchev–Trinajstić information content (AvgIpc) is 2.60. The maximum atomic E-state index is 13.6. The highest BCUT2D eigenvalue weighted by Crippen LogP contribution is 2.39. The fourth-order valence-corrected chi connectivity index (χ4v) is 2.09. The van der Waals surface area contributed by atoms with Gasteiger partial charge in [0.15, 0.2) is 0 Å². The lowest BCUT2D eigenvalue weighted by molar-refractivity contribution is -0.144. The molecule has 2 rings (SSSR count). The first-order valence-corrected chi connectivity index (χ1v) is 5.24. The van der Waals surface area contributed by atoms with E-state index in [1.165, 1.54) is 12.1 Å². The van der Waals surface area contributed by atoms with Gasteiger partial charge in [0.05, 0.1) is 11.4 Å². The Hall–Kier alpha value is -1.62. The smallest absolute Gasteiger partial charge is 0.311 e. The molecule has 0 saturated carbocycles. The number of carboxylic acids is 1. The van der Waals surface area contributed by atoms with Crippen LogP contribution >= 0.6 is 11.6 Å². The number of halogens is 2. The standard InChI is InChI=1S/C11H8ClFO4/c12-6-2-1-3-7(13)9(6)10-5(11(15)16)4-8(14)17-10/h1-3,5,10H,4H2,(H,15,16)/t5-,10-/m0/s1. The Balaban J connectivity index is 2.45. The van der Waals surface area contributed by atoms with Gasteiger partial charge in [0.2, 0.25) is 0 Å². The van der Waals surface area contributed by atoms with Crippen LogP contribution in [-0.4, -0.2) is 17.0 Å². The lowest BCUT2D eigenvalue weighted by Crippen LogP contribution is -2.18. The minimum atomic E-state index is -1.21. The summed E-state index contributed by atoms with van der Waals surface area (Å²) in [6.07, 6.45) is -1.43. The summed E-state index contributed by atoms with van der Waals surface area (Å²) in [7, 11) is 0. The van der Waals surface area contributed by atoms with Crippen LogP contribution in [0.5, 0.6) is 0 Å². The molecule has 17 heavy (non-hydrogen) atoms. The minimum Gasteiger partial charge on any atom is -0.481 e. The third kappa shape index (κ3) is 2.10. The molecular formula is C11H8ClFO4.